The van der Waals surface area contributed by atoms with E-state index in [2.05, 4.69) is 80.2 Å². The van der Waals surface area contributed by atoms with Crippen LogP contribution in [0.5, 0.6) is 0 Å². The predicted molar refractivity (Wildman–Crippen MR) is 121 cm³/mol. The summed E-state index contributed by atoms with van der Waals surface area (Å²) >= 11 is 0. The fraction of sp³-hybridized carbons (Fsp3) is 0.259. The second-order valence-electron chi connectivity index (χ2n) is 8.25. The predicted octanol–water partition coefficient (Wildman–Crippen LogP) is 6.61. The average molecular weight is 366 g/mol. The molecule has 2 aromatic rings. The maximum Gasteiger partial charge on any atom is 0.0414 e. The van der Waals surface area contributed by atoms with Crippen molar-refractivity contribution in [3.8, 4) is 12.3 Å². The second kappa shape index (κ2) is 7.56. The van der Waals surface area contributed by atoms with E-state index in [1.165, 1.54) is 39.1 Å². The molecule has 1 N–H and O–H groups in total. The standard InChI is InChI=1S/C27H27N/c1-5-20-15-22(9-8-21(20)14-18(2)3)23-10-11-24(16-23)25-12-13-27-26(17-25)7-6-19(4)28-27/h1,8-9,11-13,15-18,28H,4,6-7,10,14H2,2-3H3. The summed E-state index contributed by atoms with van der Waals surface area (Å²) in [5, 5.41) is 3.40. The second-order valence-corrected chi connectivity index (χ2v) is 8.25. The van der Waals surface area contributed by atoms with Crippen molar-refractivity contribution in [1.29, 1.82) is 0 Å². The minimum Gasteiger partial charge on any atom is -0.359 e. The largest absolute Gasteiger partial charge is 0.359 e. The normalized spacial score (nSPS) is 15.6. The number of hydrogen-bond acceptors (Lipinski definition) is 1. The Morgan fingerprint density at radius 1 is 1.11 bits per heavy atom. The fourth-order valence-electron chi connectivity index (χ4n) is 4.10. The van der Waals surface area contributed by atoms with Gasteiger partial charge < -0.3 is 5.32 Å². The molecule has 0 saturated heterocycles. The van der Waals surface area contributed by atoms with E-state index in [0.717, 1.165) is 36.9 Å². The molecule has 2 aliphatic rings. The lowest BCUT2D eigenvalue weighted by Crippen LogP contribution is -2.09. The number of nitrogens with one attached hydrogen (secondary N) is 1. The lowest BCUT2D eigenvalue weighted by molar-refractivity contribution is 0.646. The van der Waals surface area contributed by atoms with Crippen LogP contribution < -0.4 is 5.32 Å². The maximum absolute atomic E-state index is 5.79. The van der Waals surface area contributed by atoms with Gasteiger partial charge in [0.2, 0.25) is 0 Å². The zero-order valence-corrected chi connectivity index (χ0v) is 16.8. The summed E-state index contributed by atoms with van der Waals surface area (Å²) in [6.45, 7) is 8.51. The van der Waals surface area contributed by atoms with Crippen LogP contribution in [0.25, 0.3) is 11.1 Å². The highest BCUT2D eigenvalue weighted by atomic mass is 14.9. The van der Waals surface area contributed by atoms with E-state index in [4.69, 9.17) is 6.42 Å². The summed E-state index contributed by atoms with van der Waals surface area (Å²) in [5.74, 6) is 3.49. The molecular formula is C27H27N. The highest BCUT2D eigenvalue weighted by Gasteiger charge is 2.15. The van der Waals surface area contributed by atoms with Gasteiger partial charge in [-0.05, 0) is 83.2 Å². The minimum atomic E-state index is 0.604. The van der Waals surface area contributed by atoms with E-state index in [-0.39, 0.29) is 0 Å². The van der Waals surface area contributed by atoms with E-state index in [9.17, 15) is 0 Å². The van der Waals surface area contributed by atoms with Crippen LogP contribution in [-0.4, -0.2) is 0 Å². The molecule has 0 spiro atoms. The van der Waals surface area contributed by atoms with Crippen LogP contribution in [0.4, 0.5) is 5.69 Å². The first-order valence-electron chi connectivity index (χ1n) is 10.1. The Morgan fingerprint density at radius 3 is 2.71 bits per heavy atom. The van der Waals surface area contributed by atoms with Gasteiger partial charge in [0.1, 0.15) is 0 Å². The molecule has 0 atom stereocenters. The molecule has 28 heavy (non-hydrogen) atoms. The summed E-state index contributed by atoms with van der Waals surface area (Å²) in [6.07, 6.45) is 14.5. The topological polar surface area (TPSA) is 12.0 Å². The van der Waals surface area contributed by atoms with E-state index >= 15 is 0 Å². The molecule has 0 radical (unpaired) electrons. The Balaban J connectivity index is 1.59. The van der Waals surface area contributed by atoms with Crippen molar-refractivity contribution in [3.63, 3.8) is 0 Å². The SMILES string of the molecule is C#Cc1cc(C2=CC(c3ccc4c(c3)CCC(=C)N4)=CC2)ccc1CC(C)C. The van der Waals surface area contributed by atoms with Crippen LogP contribution in [0.1, 0.15) is 54.5 Å². The van der Waals surface area contributed by atoms with E-state index < -0.39 is 0 Å². The number of benzene rings is 2. The molecule has 1 aliphatic heterocycles. The molecule has 0 fully saturated rings. The number of terminal acetylenes is 1. The maximum atomic E-state index is 5.79. The first kappa shape index (κ1) is 18.4. The third-order valence-electron chi connectivity index (χ3n) is 5.58. The molecule has 0 amide bonds. The van der Waals surface area contributed by atoms with Crippen molar-refractivity contribution in [3.05, 3.63) is 88.6 Å². The van der Waals surface area contributed by atoms with E-state index in [1.807, 2.05) is 0 Å². The number of fused-ring (bicyclic) bond motifs is 1. The quantitative estimate of drug-likeness (QED) is 0.601. The van der Waals surface area contributed by atoms with Crippen molar-refractivity contribution < 1.29 is 0 Å². The molecule has 4 rings (SSSR count). The van der Waals surface area contributed by atoms with Crippen LogP contribution in [0.3, 0.4) is 0 Å². The Bertz CT molecular complexity index is 1040. The first-order valence-corrected chi connectivity index (χ1v) is 10.1. The van der Waals surface area contributed by atoms with Gasteiger partial charge in [0.05, 0.1) is 0 Å². The number of allylic oxidation sites excluding steroid dienone is 5. The van der Waals surface area contributed by atoms with Gasteiger partial charge in [-0.25, -0.2) is 0 Å². The van der Waals surface area contributed by atoms with Crippen LogP contribution >= 0.6 is 0 Å². The molecule has 1 aliphatic carbocycles. The van der Waals surface area contributed by atoms with Crippen molar-refractivity contribution in [2.24, 2.45) is 5.92 Å². The molecule has 140 valence electrons. The lowest BCUT2D eigenvalue weighted by atomic mass is 9.94. The van der Waals surface area contributed by atoms with Crippen LogP contribution in [0.15, 0.2) is 60.8 Å². The molecule has 1 heteroatoms. The summed E-state index contributed by atoms with van der Waals surface area (Å²) in [6, 6.07) is 13.3. The molecule has 1 nitrogen and oxygen atoms in total. The third-order valence-corrected chi connectivity index (χ3v) is 5.58. The number of hydrogen-bond donors (Lipinski definition) is 1. The van der Waals surface area contributed by atoms with Crippen LogP contribution in [0.2, 0.25) is 0 Å². The molecule has 0 aromatic heterocycles. The Morgan fingerprint density at radius 2 is 1.93 bits per heavy atom. The summed E-state index contributed by atoms with van der Waals surface area (Å²) < 4.78 is 0. The Labute approximate surface area is 168 Å². The van der Waals surface area contributed by atoms with Crippen LogP contribution in [-0.2, 0) is 12.8 Å². The van der Waals surface area contributed by atoms with Crippen molar-refractivity contribution in [2.75, 3.05) is 5.32 Å². The minimum absolute atomic E-state index is 0.604. The average Bonchev–Trinajstić information content (AvgIpc) is 3.17. The summed E-state index contributed by atoms with van der Waals surface area (Å²) in [7, 11) is 0. The summed E-state index contributed by atoms with van der Waals surface area (Å²) in [5.41, 5.74) is 11.1. The van der Waals surface area contributed by atoms with Crippen molar-refractivity contribution in [2.45, 2.75) is 39.5 Å². The molecule has 0 unspecified atom stereocenters. The monoisotopic (exact) mass is 365 g/mol. The molecule has 2 aromatic carbocycles. The first-order chi connectivity index (χ1) is 13.5. The molecule has 1 heterocycles. The van der Waals surface area contributed by atoms with Gasteiger partial charge in [-0.1, -0.05) is 56.7 Å². The van der Waals surface area contributed by atoms with Gasteiger partial charge in [-0.3, -0.25) is 0 Å². The zero-order valence-electron chi connectivity index (χ0n) is 16.8. The smallest absolute Gasteiger partial charge is 0.0414 e. The van der Waals surface area contributed by atoms with Gasteiger partial charge in [-0.15, -0.1) is 6.42 Å². The van der Waals surface area contributed by atoms with E-state index in [1.54, 1.807) is 0 Å². The molecule has 0 saturated carbocycles. The Kier molecular flexibility index (Phi) is 4.97. The number of aryl methyl sites for hydroxylation is 1. The summed E-state index contributed by atoms with van der Waals surface area (Å²) in [4.78, 5) is 0. The highest BCUT2D eigenvalue weighted by Crippen LogP contribution is 2.35. The van der Waals surface area contributed by atoms with Gasteiger partial charge in [-0.2, -0.15) is 0 Å². The lowest BCUT2D eigenvalue weighted by Gasteiger charge is -2.20. The van der Waals surface area contributed by atoms with Gasteiger partial charge >= 0.3 is 0 Å². The molecule has 0 bridgehead atoms. The highest BCUT2D eigenvalue weighted by molar-refractivity contribution is 5.90. The van der Waals surface area contributed by atoms with E-state index in [0.29, 0.717) is 5.92 Å². The van der Waals surface area contributed by atoms with Crippen LogP contribution in [0, 0.1) is 18.3 Å². The zero-order chi connectivity index (χ0) is 19.7. The third kappa shape index (κ3) is 3.69. The van der Waals surface area contributed by atoms with Gasteiger partial charge in [0.25, 0.3) is 0 Å². The van der Waals surface area contributed by atoms with Gasteiger partial charge in [0, 0.05) is 16.9 Å². The van der Waals surface area contributed by atoms with Gasteiger partial charge in [0.15, 0.2) is 0 Å². The number of anilines is 1. The number of rotatable bonds is 4. The fourth-order valence-corrected chi connectivity index (χ4v) is 4.10. The van der Waals surface area contributed by atoms with Crippen molar-refractivity contribution in [1.82, 2.24) is 0 Å². The molecular weight excluding hydrogens is 338 g/mol. The Hall–Kier alpha value is -2.98. The van der Waals surface area contributed by atoms with Crippen molar-refractivity contribution >= 4 is 16.8 Å².